The highest BCUT2D eigenvalue weighted by Crippen LogP contribution is 2.22. The lowest BCUT2D eigenvalue weighted by Crippen LogP contribution is -1.96. The molecule has 0 radical (unpaired) electrons. The maximum Gasteiger partial charge on any atom is 0.195 e. The van der Waals surface area contributed by atoms with E-state index in [2.05, 4.69) is 15.3 Å². The van der Waals surface area contributed by atoms with Crippen molar-refractivity contribution in [2.75, 3.05) is 5.32 Å². The molecule has 0 bridgehead atoms. The Morgan fingerprint density at radius 2 is 2.32 bits per heavy atom. The number of oxazole rings is 1. The number of hydrogen-bond donors (Lipinski definition) is 1. The van der Waals surface area contributed by atoms with Gasteiger partial charge in [0.05, 0.1) is 6.54 Å². The maximum atomic E-state index is 5.80. The predicted octanol–water partition coefficient (Wildman–Crippen LogP) is 4.11. The van der Waals surface area contributed by atoms with Gasteiger partial charge in [-0.3, -0.25) is 0 Å². The topological polar surface area (TPSA) is 51.0 Å². The summed E-state index contributed by atoms with van der Waals surface area (Å²) in [4.78, 5) is 9.48. The zero-order chi connectivity index (χ0) is 13.2. The summed E-state index contributed by atoms with van der Waals surface area (Å²) in [5, 5.41) is 3.32. The number of fused-ring (bicyclic) bond motifs is 1. The maximum absolute atomic E-state index is 5.80. The van der Waals surface area contributed by atoms with Crippen LogP contribution in [0.4, 0.5) is 5.69 Å². The molecule has 0 saturated carbocycles. The molecule has 0 saturated heterocycles. The molecule has 0 aliphatic rings. The van der Waals surface area contributed by atoms with Gasteiger partial charge in [0.25, 0.3) is 0 Å². The van der Waals surface area contributed by atoms with Crippen molar-refractivity contribution in [3.63, 3.8) is 0 Å². The van der Waals surface area contributed by atoms with E-state index in [4.69, 9.17) is 16.0 Å². The molecular weight excluding hydrogens is 282 g/mol. The number of hydrogen-bond acceptors (Lipinski definition) is 5. The lowest BCUT2D eigenvalue weighted by molar-refractivity contribution is 0.538. The Labute approximate surface area is 119 Å². The van der Waals surface area contributed by atoms with E-state index in [9.17, 15) is 0 Å². The molecule has 0 aliphatic carbocycles. The van der Waals surface area contributed by atoms with E-state index < -0.39 is 0 Å². The fourth-order valence-electron chi connectivity index (χ4n) is 1.79. The second-order valence-corrected chi connectivity index (χ2v) is 5.77. The summed E-state index contributed by atoms with van der Waals surface area (Å²) >= 11 is 7.27. The van der Waals surface area contributed by atoms with Crippen molar-refractivity contribution in [1.82, 2.24) is 9.97 Å². The molecule has 19 heavy (non-hydrogen) atoms. The van der Waals surface area contributed by atoms with Gasteiger partial charge in [-0.2, -0.15) is 0 Å². The Balaban J connectivity index is 1.77. The van der Waals surface area contributed by atoms with Gasteiger partial charge in [0, 0.05) is 29.2 Å². The minimum absolute atomic E-state index is 0.565. The van der Waals surface area contributed by atoms with E-state index >= 15 is 0 Å². The number of nitrogens with zero attached hydrogens (tertiary/aromatic N) is 2. The van der Waals surface area contributed by atoms with Crippen molar-refractivity contribution in [3.8, 4) is 0 Å². The fraction of sp³-hybridized carbons (Fsp3) is 0.231. The normalized spacial score (nSPS) is 11.1. The summed E-state index contributed by atoms with van der Waals surface area (Å²) in [5.41, 5.74) is 2.70. The van der Waals surface area contributed by atoms with E-state index in [1.807, 2.05) is 25.1 Å². The van der Waals surface area contributed by atoms with Gasteiger partial charge in [0.2, 0.25) is 0 Å². The van der Waals surface area contributed by atoms with Crippen LogP contribution in [0.5, 0.6) is 0 Å². The van der Waals surface area contributed by atoms with Crippen LogP contribution in [0.15, 0.2) is 28.8 Å². The first-order valence-electron chi connectivity index (χ1n) is 5.98. The average Bonchev–Trinajstić information content (AvgIpc) is 3.01. The number of halogens is 1. The molecule has 1 aromatic carbocycles. The van der Waals surface area contributed by atoms with Crippen molar-refractivity contribution in [2.24, 2.45) is 0 Å². The number of aromatic nitrogens is 2. The van der Waals surface area contributed by atoms with Crippen LogP contribution in [0.25, 0.3) is 11.1 Å². The smallest absolute Gasteiger partial charge is 0.195 e. The average molecular weight is 294 g/mol. The standard InChI is InChI=1S/C13H12ClN3OS/c1-2-12-17-10-4-3-8(5-11(10)18-12)15-6-9-7-16-13(14)19-9/h3-5,7,15H,2,6H2,1H3. The third-order valence-electron chi connectivity index (χ3n) is 2.73. The van der Waals surface area contributed by atoms with Gasteiger partial charge in [0.15, 0.2) is 15.9 Å². The SMILES string of the molecule is CCc1nc2ccc(NCc3cnc(Cl)s3)cc2o1. The zero-order valence-electron chi connectivity index (χ0n) is 10.3. The van der Waals surface area contributed by atoms with Crippen LogP contribution in [0.1, 0.15) is 17.7 Å². The molecule has 4 nitrogen and oxygen atoms in total. The number of aryl methyl sites for hydroxylation is 1. The van der Waals surface area contributed by atoms with Gasteiger partial charge in [0.1, 0.15) is 5.52 Å². The summed E-state index contributed by atoms with van der Waals surface area (Å²) in [6, 6.07) is 5.91. The highest BCUT2D eigenvalue weighted by molar-refractivity contribution is 7.15. The van der Waals surface area contributed by atoms with Crippen molar-refractivity contribution in [3.05, 3.63) is 39.6 Å². The summed E-state index contributed by atoms with van der Waals surface area (Å²) in [5.74, 6) is 0.765. The first kappa shape index (κ1) is 12.4. The van der Waals surface area contributed by atoms with Crippen molar-refractivity contribution in [1.29, 1.82) is 0 Å². The van der Waals surface area contributed by atoms with Gasteiger partial charge in [-0.1, -0.05) is 18.5 Å². The van der Waals surface area contributed by atoms with Crippen LogP contribution >= 0.6 is 22.9 Å². The van der Waals surface area contributed by atoms with Crippen LogP contribution in [-0.4, -0.2) is 9.97 Å². The van der Waals surface area contributed by atoms with Crippen molar-refractivity contribution in [2.45, 2.75) is 19.9 Å². The van der Waals surface area contributed by atoms with E-state index in [0.717, 1.165) is 34.0 Å². The summed E-state index contributed by atoms with van der Waals surface area (Å²) in [6.45, 7) is 2.72. The molecule has 2 heterocycles. The number of thiazole rings is 1. The second kappa shape index (κ2) is 5.19. The van der Waals surface area contributed by atoms with Crippen LogP contribution < -0.4 is 5.32 Å². The van der Waals surface area contributed by atoms with Crippen molar-refractivity contribution < 1.29 is 4.42 Å². The molecule has 0 unspecified atom stereocenters. The van der Waals surface area contributed by atoms with Crippen LogP contribution in [0.2, 0.25) is 4.47 Å². The number of rotatable bonds is 4. The number of anilines is 1. The minimum atomic E-state index is 0.565. The van der Waals surface area contributed by atoms with E-state index in [-0.39, 0.29) is 0 Å². The molecule has 2 aromatic heterocycles. The first-order valence-corrected chi connectivity index (χ1v) is 7.17. The van der Waals surface area contributed by atoms with Gasteiger partial charge in [-0.15, -0.1) is 11.3 Å². The third-order valence-corrected chi connectivity index (χ3v) is 3.84. The zero-order valence-corrected chi connectivity index (χ0v) is 11.9. The summed E-state index contributed by atoms with van der Waals surface area (Å²) < 4.78 is 6.20. The highest BCUT2D eigenvalue weighted by atomic mass is 35.5. The lowest BCUT2D eigenvalue weighted by atomic mass is 10.3. The largest absolute Gasteiger partial charge is 0.441 e. The van der Waals surface area contributed by atoms with E-state index in [1.165, 1.54) is 11.3 Å². The Bertz CT molecular complexity index is 707. The summed E-state index contributed by atoms with van der Waals surface area (Å²) in [7, 11) is 0. The number of benzene rings is 1. The Hall–Kier alpha value is -1.59. The van der Waals surface area contributed by atoms with E-state index in [1.54, 1.807) is 6.20 Å². The quantitative estimate of drug-likeness (QED) is 0.786. The lowest BCUT2D eigenvalue weighted by Gasteiger charge is -2.03. The molecular formula is C13H12ClN3OS. The molecule has 98 valence electrons. The predicted molar refractivity (Wildman–Crippen MR) is 77.8 cm³/mol. The molecule has 6 heteroatoms. The molecule has 0 atom stereocenters. The minimum Gasteiger partial charge on any atom is -0.441 e. The third kappa shape index (κ3) is 2.72. The molecule has 3 aromatic rings. The van der Waals surface area contributed by atoms with Crippen LogP contribution in [-0.2, 0) is 13.0 Å². The van der Waals surface area contributed by atoms with Gasteiger partial charge in [-0.05, 0) is 12.1 Å². The molecule has 0 spiro atoms. The van der Waals surface area contributed by atoms with Crippen LogP contribution in [0, 0.1) is 0 Å². The van der Waals surface area contributed by atoms with Crippen LogP contribution in [0.3, 0.4) is 0 Å². The van der Waals surface area contributed by atoms with Gasteiger partial charge < -0.3 is 9.73 Å². The molecule has 1 N–H and O–H groups in total. The summed E-state index contributed by atoms with van der Waals surface area (Å²) in [6.07, 6.45) is 2.58. The Kier molecular flexibility index (Phi) is 3.40. The molecule has 0 amide bonds. The second-order valence-electron chi connectivity index (χ2n) is 4.08. The highest BCUT2D eigenvalue weighted by Gasteiger charge is 2.05. The molecule has 0 aliphatic heterocycles. The Morgan fingerprint density at radius 3 is 3.05 bits per heavy atom. The fourth-order valence-corrected chi connectivity index (χ4v) is 2.71. The van der Waals surface area contributed by atoms with Gasteiger partial charge >= 0.3 is 0 Å². The number of nitrogens with one attached hydrogen (secondary N) is 1. The van der Waals surface area contributed by atoms with Crippen molar-refractivity contribution >= 4 is 39.7 Å². The first-order chi connectivity index (χ1) is 9.24. The molecule has 3 rings (SSSR count). The monoisotopic (exact) mass is 293 g/mol. The van der Waals surface area contributed by atoms with E-state index in [0.29, 0.717) is 11.0 Å². The molecule has 0 fully saturated rings. The Morgan fingerprint density at radius 1 is 1.42 bits per heavy atom. The van der Waals surface area contributed by atoms with Gasteiger partial charge in [-0.25, -0.2) is 9.97 Å².